The van der Waals surface area contributed by atoms with Crippen molar-refractivity contribution in [2.45, 2.75) is 39.5 Å². The minimum Gasteiger partial charge on any atom is -0.319 e. The molecule has 0 fully saturated rings. The van der Waals surface area contributed by atoms with E-state index in [1.54, 1.807) is 0 Å². The molecule has 0 aliphatic rings. The van der Waals surface area contributed by atoms with Crippen LogP contribution in [0.25, 0.3) is 0 Å². The molecule has 0 amide bonds. The van der Waals surface area contributed by atoms with Crippen molar-refractivity contribution in [2.24, 2.45) is 11.8 Å². The lowest BCUT2D eigenvalue weighted by Gasteiger charge is -2.17. The van der Waals surface area contributed by atoms with Gasteiger partial charge in [-0.2, -0.15) is 0 Å². The fourth-order valence-corrected chi connectivity index (χ4v) is 2.60. The molecule has 1 aromatic carbocycles. The Morgan fingerprint density at radius 1 is 1.11 bits per heavy atom. The summed E-state index contributed by atoms with van der Waals surface area (Å²) in [7, 11) is 2.05. The lowest BCUT2D eigenvalue weighted by molar-refractivity contribution is 0.417. The first kappa shape index (κ1) is 15.7. The van der Waals surface area contributed by atoms with E-state index in [4.69, 9.17) is 0 Å². The molecule has 0 radical (unpaired) electrons. The summed E-state index contributed by atoms with van der Waals surface area (Å²) in [5.41, 5.74) is 1.45. The van der Waals surface area contributed by atoms with E-state index in [-0.39, 0.29) is 0 Å². The van der Waals surface area contributed by atoms with E-state index in [9.17, 15) is 0 Å². The molecule has 0 aromatic heterocycles. The van der Waals surface area contributed by atoms with Crippen LogP contribution in [0.2, 0.25) is 0 Å². The Labute approximate surface area is 120 Å². The second-order valence-electron chi connectivity index (χ2n) is 5.58. The molecule has 1 atom stereocenters. The first-order chi connectivity index (χ1) is 8.61. The summed E-state index contributed by atoms with van der Waals surface area (Å²) in [5.74, 6) is 1.59. The van der Waals surface area contributed by atoms with Gasteiger partial charge in [0.25, 0.3) is 0 Å². The highest BCUT2D eigenvalue weighted by atomic mass is 79.9. The van der Waals surface area contributed by atoms with Crippen molar-refractivity contribution >= 4 is 15.9 Å². The lowest BCUT2D eigenvalue weighted by atomic mass is 9.92. The van der Waals surface area contributed by atoms with E-state index in [0.29, 0.717) is 0 Å². The summed E-state index contributed by atoms with van der Waals surface area (Å²) >= 11 is 3.49. The van der Waals surface area contributed by atoms with Crippen LogP contribution in [0.1, 0.15) is 38.7 Å². The largest absolute Gasteiger partial charge is 0.319 e. The van der Waals surface area contributed by atoms with Crippen molar-refractivity contribution in [3.63, 3.8) is 0 Å². The maximum Gasteiger partial charge on any atom is 0.0175 e. The van der Waals surface area contributed by atoms with Gasteiger partial charge in [-0.1, -0.05) is 54.8 Å². The first-order valence-corrected chi connectivity index (χ1v) is 7.80. The molecule has 1 N–H and O–H groups in total. The normalized spacial score (nSPS) is 12.9. The Morgan fingerprint density at radius 3 is 2.33 bits per heavy atom. The molecular weight excluding hydrogens is 286 g/mol. The highest BCUT2D eigenvalue weighted by Crippen LogP contribution is 2.18. The van der Waals surface area contributed by atoms with Crippen molar-refractivity contribution in [3.05, 3.63) is 34.3 Å². The molecule has 102 valence electrons. The zero-order valence-electron chi connectivity index (χ0n) is 11.9. The van der Waals surface area contributed by atoms with Crippen molar-refractivity contribution in [2.75, 3.05) is 13.6 Å². The molecule has 0 aliphatic heterocycles. The second kappa shape index (κ2) is 8.71. The second-order valence-corrected chi connectivity index (χ2v) is 6.49. The number of nitrogens with one attached hydrogen (secondary N) is 1. The predicted molar refractivity (Wildman–Crippen MR) is 84.0 cm³/mol. The Morgan fingerprint density at radius 2 is 1.78 bits per heavy atom. The molecule has 0 spiro atoms. The van der Waals surface area contributed by atoms with Crippen LogP contribution in [-0.2, 0) is 6.42 Å². The van der Waals surface area contributed by atoms with Gasteiger partial charge >= 0.3 is 0 Å². The standard InChI is InChI=1S/C16H26BrN/c1-13(2)5-4-6-15(12-18-3)11-14-7-9-16(17)10-8-14/h7-10,13,15,18H,4-6,11-12H2,1-3H3. The van der Waals surface area contributed by atoms with Gasteiger partial charge in [-0.15, -0.1) is 0 Å². The van der Waals surface area contributed by atoms with E-state index >= 15 is 0 Å². The van der Waals surface area contributed by atoms with Crippen LogP contribution >= 0.6 is 15.9 Å². The van der Waals surface area contributed by atoms with E-state index in [0.717, 1.165) is 22.9 Å². The summed E-state index contributed by atoms with van der Waals surface area (Å²) in [6, 6.07) is 8.74. The molecule has 0 aliphatic carbocycles. The fourth-order valence-electron chi connectivity index (χ4n) is 2.33. The average molecular weight is 312 g/mol. The van der Waals surface area contributed by atoms with Gasteiger partial charge in [-0.25, -0.2) is 0 Å². The topological polar surface area (TPSA) is 12.0 Å². The number of hydrogen-bond acceptors (Lipinski definition) is 1. The average Bonchev–Trinajstić information content (AvgIpc) is 2.32. The fraction of sp³-hybridized carbons (Fsp3) is 0.625. The Bertz CT molecular complexity index is 318. The molecule has 18 heavy (non-hydrogen) atoms. The van der Waals surface area contributed by atoms with Crippen LogP contribution in [0.5, 0.6) is 0 Å². The number of hydrogen-bond donors (Lipinski definition) is 1. The molecule has 0 heterocycles. The van der Waals surface area contributed by atoms with Gasteiger partial charge in [0, 0.05) is 4.47 Å². The number of halogens is 1. The third-order valence-electron chi connectivity index (χ3n) is 3.32. The van der Waals surface area contributed by atoms with E-state index in [1.807, 2.05) is 0 Å². The van der Waals surface area contributed by atoms with Gasteiger partial charge in [0.15, 0.2) is 0 Å². The highest BCUT2D eigenvalue weighted by molar-refractivity contribution is 9.10. The van der Waals surface area contributed by atoms with E-state index in [2.05, 4.69) is 66.4 Å². The van der Waals surface area contributed by atoms with Gasteiger partial charge in [0.2, 0.25) is 0 Å². The lowest BCUT2D eigenvalue weighted by Crippen LogP contribution is -2.21. The smallest absolute Gasteiger partial charge is 0.0175 e. The molecule has 1 unspecified atom stereocenters. The third kappa shape index (κ3) is 6.55. The summed E-state index contributed by atoms with van der Waals surface area (Å²) in [6.45, 7) is 5.73. The Balaban J connectivity index is 2.43. The van der Waals surface area contributed by atoms with Crippen LogP contribution in [0.3, 0.4) is 0 Å². The maximum absolute atomic E-state index is 3.49. The quantitative estimate of drug-likeness (QED) is 0.736. The molecule has 0 saturated carbocycles. The number of benzene rings is 1. The zero-order chi connectivity index (χ0) is 13.4. The van der Waals surface area contributed by atoms with E-state index in [1.165, 1.54) is 31.2 Å². The minimum atomic E-state index is 0.759. The van der Waals surface area contributed by atoms with Crippen molar-refractivity contribution in [3.8, 4) is 0 Å². The van der Waals surface area contributed by atoms with E-state index < -0.39 is 0 Å². The molecule has 0 bridgehead atoms. The van der Waals surface area contributed by atoms with Crippen LogP contribution in [-0.4, -0.2) is 13.6 Å². The molecule has 1 nitrogen and oxygen atoms in total. The summed E-state index contributed by atoms with van der Waals surface area (Å²) < 4.78 is 1.16. The van der Waals surface area contributed by atoms with Gasteiger partial charge in [-0.3, -0.25) is 0 Å². The van der Waals surface area contributed by atoms with Crippen molar-refractivity contribution < 1.29 is 0 Å². The summed E-state index contributed by atoms with van der Waals surface area (Å²) in [5, 5.41) is 3.33. The SMILES string of the molecule is CNCC(CCCC(C)C)Cc1ccc(Br)cc1. The maximum atomic E-state index is 3.49. The van der Waals surface area contributed by atoms with Crippen LogP contribution in [0, 0.1) is 11.8 Å². The molecular formula is C16H26BrN. The third-order valence-corrected chi connectivity index (χ3v) is 3.85. The van der Waals surface area contributed by atoms with Crippen molar-refractivity contribution in [1.82, 2.24) is 5.32 Å². The molecule has 1 rings (SSSR count). The molecule has 2 heteroatoms. The Kier molecular flexibility index (Phi) is 7.60. The van der Waals surface area contributed by atoms with Gasteiger partial charge in [-0.05, 0) is 56.0 Å². The van der Waals surface area contributed by atoms with Gasteiger partial charge in [0.1, 0.15) is 0 Å². The Hall–Kier alpha value is -0.340. The van der Waals surface area contributed by atoms with Crippen LogP contribution in [0.15, 0.2) is 28.7 Å². The number of rotatable bonds is 8. The van der Waals surface area contributed by atoms with Crippen LogP contribution < -0.4 is 5.32 Å². The molecule has 0 saturated heterocycles. The molecule has 1 aromatic rings. The minimum absolute atomic E-state index is 0.759. The van der Waals surface area contributed by atoms with Gasteiger partial charge in [0.05, 0.1) is 0 Å². The summed E-state index contributed by atoms with van der Waals surface area (Å²) in [4.78, 5) is 0. The summed E-state index contributed by atoms with van der Waals surface area (Å²) in [6.07, 6.45) is 5.21. The van der Waals surface area contributed by atoms with Gasteiger partial charge < -0.3 is 5.32 Å². The monoisotopic (exact) mass is 311 g/mol. The van der Waals surface area contributed by atoms with Crippen LogP contribution in [0.4, 0.5) is 0 Å². The predicted octanol–water partition coefficient (Wildman–Crippen LogP) is 4.65. The first-order valence-electron chi connectivity index (χ1n) is 7.01. The van der Waals surface area contributed by atoms with Crippen molar-refractivity contribution in [1.29, 1.82) is 0 Å². The highest BCUT2D eigenvalue weighted by Gasteiger charge is 2.09. The zero-order valence-corrected chi connectivity index (χ0v) is 13.5.